The van der Waals surface area contributed by atoms with Crippen LogP contribution in [-0.4, -0.2) is 44.1 Å². The van der Waals surface area contributed by atoms with E-state index in [0.29, 0.717) is 6.42 Å². The molecule has 6 nitrogen and oxygen atoms in total. The lowest BCUT2D eigenvalue weighted by Crippen LogP contribution is -2.36. The summed E-state index contributed by atoms with van der Waals surface area (Å²) >= 11 is 0. The van der Waals surface area contributed by atoms with E-state index in [-0.39, 0.29) is 19.7 Å². The lowest BCUT2D eigenvalue weighted by atomic mass is 10.5. The summed E-state index contributed by atoms with van der Waals surface area (Å²) in [6.45, 7) is 3.53. The minimum atomic E-state index is -3.73. The molecular formula is C9H16N2O4S. The molecule has 0 aromatic rings. The zero-order valence-electron chi connectivity index (χ0n) is 9.47. The second-order valence-corrected chi connectivity index (χ2v) is 5.02. The fraction of sp³-hybridized carbons (Fsp3) is 0.778. The molecule has 0 aliphatic carbocycles. The summed E-state index contributed by atoms with van der Waals surface area (Å²) in [4.78, 5) is 11.1. The normalized spacial score (nSPS) is 11.1. The van der Waals surface area contributed by atoms with Crippen LogP contribution in [0.2, 0.25) is 0 Å². The van der Waals surface area contributed by atoms with Crippen LogP contribution in [0.4, 0.5) is 0 Å². The first-order valence-corrected chi connectivity index (χ1v) is 6.59. The predicted octanol–water partition coefficient (Wildman–Crippen LogP) is 0.115. The maximum absolute atomic E-state index is 11.7. The van der Waals surface area contributed by atoms with Gasteiger partial charge in [-0.3, -0.25) is 4.79 Å². The topological polar surface area (TPSA) is 87.5 Å². The van der Waals surface area contributed by atoms with E-state index in [1.54, 1.807) is 19.9 Å². The Balaban J connectivity index is 4.60. The van der Waals surface area contributed by atoms with E-state index in [4.69, 9.17) is 5.26 Å². The third kappa shape index (κ3) is 5.09. The lowest BCUT2D eigenvalue weighted by Gasteiger charge is -2.17. The summed E-state index contributed by atoms with van der Waals surface area (Å²) in [5.41, 5.74) is 0. The number of nitriles is 1. The molecule has 7 heteroatoms. The average Bonchev–Trinajstić information content (AvgIpc) is 2.17. The van der Waals surface area contributed by atoms with Crippen LogP contribution in [0.25, 0.3) is 0 Å². The largest absolute Gasteiger partial charge is 0.465 e. The van der Waals surface area contributed by atoms with Crippen molar-refractivity contribution in [2.24, 2.45) is 0 Å². The van der Waals surface area contributed by atoms with Gasteiger partial charge >= 0.3 is 5.97 Å². The van der Waals surface area contributed by atoms with Crippen molar-refractivity contribution in [1.29, 1.82) is 5.26 Å². The van der Waals surface area contributed by atoms with Gasteiger partial charge in [-0.25, -0.2) is 8.42 Å². The first kappa shape index (κ1) is 14.9. The molecule has 0 fully saturated rings. The number of ether oxygens (including phenoxy) is 1. The fourth-order valence-electron chi connectivity index (χ4n) is 1.09. The Kier molecular flexibility index (Phi) is 6.69. The maximum atomic E-state index is 11.7. The molecule has 0 aliphatic heterocycles. The molecule has 0 rings (SSSR count). The molecule has 0 saturated carbocycles. The highest BCUT2D eigenvalue weighted by Gasteiger charge is 2.25. The molecular weight excluding hydrogens is 232 g/mol. The van der Waals surface area contributed by atoms with Gasteiger partial charge in [0.1, 0.15) is 6.54 Å². The van der Waals surface area contributed by atoms with E-state index in [1.807, 2.05) is 0 Å². The second-order valence-electron chi connectivity index (χ2n) is 3.05. The monoisotopic (exact) mass is 248 g/mol. The summed E-state index contributed by atoms with van der Waals surface area (Å²) in [6, 6.07) is 1.76. The van der Waals surface area contributed by atoms with Gasteiger partial charge in [-0.1, -0.05) is 6.92 Å². The number of carbonyl (C=O) groups is 1. The van der Waals surface area contributed by atoms with Gasteiger partial charge in [-0.15, -0.1) is 0 Å². The van der Waals surface area contributed by atoms with Crippen molar-refractivity contribution in [2.45, 2.75) is 20.3 Å². The zero-order valence-corrected chi connectivity index (χ0v) is 10.3. The van der Waals surface area contributed by atoms with Crippen LogP contribution in [0.15, 0.2) is 0 Å². The zero-order chi connectivity index (χ0) is 12.6. The Morgan fingerprint density at radius 2 is 2.06 bits per heavy atom. The highest BCUT2D eigenvalue weighted by Crippen LogP contribution is 2.03. The highest BCUT2D eigenvalue weighted by molar-refractivity contribution is 7.89. The Bertz CT molecular complexity index is 358. The Morgan fingerprint density at radius 1 is 1.44 bits per heavy atom. The standard InChI is InChI=1S/C9H16N2O4S/c1-3-6-11(7-5-10)16(13,14)8-9(12)15-4-2/h3-4,6-8H2,1-2H3. The number of hydrogen-bond donors (Lipinski definition) is 0. The van der Waals surface area contributed by atoms with Crippen molar-refractivity contribution in [3.8, 4) is 6.07 Å². The number of esters is 1. The molecule has 0 atom stereocenters. The quantitative estimate of drug-likeness (QED) is 0.471. The van der Waals surface area contributed by atoms with E-state index >= 15 is 0 Å². The highest BCUT2D eigenvalue weighted by atomic mass is 32.2. The minimum absolute atomic E-state index is 0.139. The summed E-state index contributed by atoms with van der Waals surface area (Å²) in [6.07, 6.45) is 0.587. The number of carbonyl (C=O) groups excluding carboxylic acids is 1. The summed E-state index contributed by atoms with van der Waals surface area (Å²) < 4.78 is 28.9. The molecule has 0 aliphatic rings. The number of nitrogens with zero attached hydrogens (tertiary/aromatic N) is 2. The van der Waals surface area contributed by atoms with Crippen LogP contribution in [0.3, 0.4) is 0 Å². The maximum Gasteiger partial charge on any atom is 0.322 e. The third-order valence-electron chi connectivity index (χ3n) is 1.72. The molecule has 0 radical (unpaired) electrons. The van der Waals surface area contributed by atoms with Gasteiger partial charge in [-0.05, 0) is 13.3 Å². The number of sulfonamides is 1. The van der Waals surface area contributed by atoms with Crippen molar-refractivity contribution in [1.82, 2.24) is 4.31 Å². The summed E-state index contributed by atoms with van der Waals surface area (Å²) in [5.74, 6) is -1.50. The first-order valence-electron chi connectivity index (χ1n) is 4.98. The van der Waals surface area contributed by atoms with E-state index in [0.717, 1.165) is 4.31 Å². The summed E-state index contributed by atoms with van der Waals surface area (Å²) in [7, 11) is -3.73. The van der Waals surface area contributed by atoms with E-state index < -0.39 is 21.7 Å². The van der Waals surface area contributed by atoms with Gasteiger partial charge in [0.2, 0.25) is 10.0 Å². The first-order chi connectivity index (χ1) is 7.47. The van der Waals surface area contributed by atoms with Gasteiger partial charge < -0.3 is 4.74 Å². The van der Waals surface area contributed by atoms with Crippen LogP contribution in [-0.2, 0) is 19.6 Å². The average molecular weight is 248 g/mol. The van der Waals surface area contributed by atoms with E-state index in [1.165, 1.54) is 0 Å². The van der Waals surface area contributed by atoms with Crippen molar-refractivity contribution in [3.63, 3.8) is 0 Å². The van der Waals surface area contributed by atoms with Gasteiger partial charge in [-0.2, -0.15) is 9.57 Å². The molecule has 0 heterocycles. The molecule has 0 spiro atoms. The Hall–Kier alpha value is -1.13. The van der Waals surface area contributed by atoms with Crippen molar-refractivity contribution in [3.05, 3.63) is 0 Å². The van der Waals surface area contributed by atoms with Crippen LogP contribution in [0.1, 0.15) is 20.3 Å². The van der Waals surface area contributed by atoms with Crippen molar-refractivity contribution >= 4 is 16.0 Å². The molecule has 92 valence electrons. The molecule has 0 unspecified atom stereocenters. The molecule has 0 aromatic carbocycles. The molecule has 0 N–H and O–H groups in total. The van der Waals surface area contributed by atoms with Gasteiger partial charge in [0.25, 0.3) is 0 Å². The molecule has 16 heavy (non-hydrogen) atoms. The van der Waals surface area contributed by atoms with Gasteiger partial charge in [0.15, 0.2) is 5.75 Å². The Morgan fingerprint density at radius 3 is 2.50 bits per heavy atom. The third-order valence-corrected chi connectivity index (χ3v) is 3.42. The fourth-order valence-corrected chi connectivity index (χ4v) is 2.37. The van der Waals surface area contributed by atoms with Crippen molar-refractivity contribution in [2.75, 3.05) is 25.4 Å². The van der Waals surface area contributed by atoms with Crippen molar-refractivity contribution < 1.29 is 17.9 Å². The number of rotatable bonds is 7. The van der Waals surface area contributed by atoms with Crippen LogP contribution in [0.5, 0.6) is 0 Å². The van der Waals surface area contributed by atoms with Crippen LogP contribution >= 0.6 is 0 Å². The molecule has 0 saturated heterocycles. The predicted molar refractivity (Wildman–Crippen MR) is 57.9 cm³/mol. The SMILES string of the molecule is CCCN(CC#N)S(=O)(=O)CC(=O)OCC. The smallest absolute Gasteiger partial charge is 0.322 e. The minimum Gasteiger partial charge on any atom is -0.465 e. The number of hydrogen-bond acceptors (Lipinski definition) is 5. The van der Waals surface area contributed by atoms with Crippen LogP contribution < -0.4 is 0 Å². The Labute approximate surface area is 95.8 Å². The second kappa shape index (κ2) is 7.19. The van der Waals surface area contributed by atoms with Crippen LogP contribution in [0, 0.1) is 11.3 Å². The lowest BCUT2D eigenvalue weighted by molar-refractivity contribution is -0.140. The molecule has 0 aromatic heterocycles. The van der Waals surface area contributed by atoms with Gasteiger partial charge in [0.05, 0.1) is 12.7 Å². The van der Waals surface area contributed by atoms with Gasteiger partial charge in [0, 0.05) is 6.54 Å². The molecule has 0 amide bonds. The molecule has 0 bridgehead atoms. The van der Waals surface area contributed by atoms with E-state index in [2.05, 4.69) is 4.74 Å². The van der Waals surface area contributed by atoms with E-state index in [9.17, 15) is 13.2 Å². The summed E-state index contributed by atoms with van der Waals surface area (Å²) in [5, 5.41) is 8.49.